The van der Waals surface area contributed by atoms with Crippen LogP contribution in [0.3, 0.4) is 0 Å². The molecule has 71 heavy (non-hydrogen) atoms. The van der Waals surface area contributed by atoms with E-state index in [-0.39, 0.29) is 43.9 Å². The summed E-state index contributed by atoms with van der Waals surface area (Å²) in [5, 5.41) is 0.865. The number of nitrogens with zero attached hydrogens (tertiary/aromatic N) is 6. The number of likely N-dealkylation sites (N-methyl/N-ethyl adjacent to an activating group) is 1. The minimum Gasteiger partial charge on any atom is -0.496 e. The summed E-state index contributed by atoms with van der Waals surface area (Å²) < 4.78 is 77.2. The summed E-state index contributed by atoms with van der Waals surface area (Å²) in [5.41, 5.74) is 4.63. The van der Waals surface area contributed by atoms with Crippen LogP contribution in [0, 0.1) is 12.7 Å². The molecule has 0 N–H and O–H groups in total. The molecule has 6 heterocycles. The highest BCUT2D eigenvalue weighted by atomic mass is 35.5. The van der Waals surface area contributed by atoms with Crippen LogP contribution in [0.15, 0.2) is 97.5 Å². The molecule has 0 unspecified atom stereocenters. The number of piperazine rings is 1. The lowest BCUT2D eigenvalue weighted by Crippen LogP contribution is -2.56. The fraction of sp³-hybridized carbons (Fsp3) is 0.327. The van der Waals surface area contributed by atoms with Crippen LogP contribution in [-0.2, 0) is 32.4 Å². The van der Waals surface area contributed by atoms with Crippen LogP contribution in [0.4, 0.5) is 4.39 Å². The third-order valence-corrected chi connectivity index (χ3v) is 15.0. The molecule has 3 aromatic heterocycles. The lowest BCUT2D eigenvalue weighted by molar-refractivity contribution is -0.151. The van der Waals surface area contributed by atoms with E-state index in [0.29, 0.717) is 98.2 Å². The van der Waals surface area contributed by atoms with E-state index in [9.17, 15) is 17.6 Å². The predicted molar refractivity (Wildman–Crippen MR) is 270 cm³/mol. The minimum atomic E-state index is -3.26. The minimum absolute atomic E-state index is 0.0201. The maximum absolute atomic E-state index is 14.4. The van der Waals surface area contributed by atoms with E-state index in [2.05, 4.69) is 24.8 Å². The van der Waals surface area contributed by atoms with Gasteiger partial charge in [-0.05, 0) is 92.2 Å². The van der Waals surface area contributed by atoms with Crippen molar-refractivity contribution < 1.29 is 46.0 Å². The van der Waals surface area contributed by atoms with Crippen LogP contribution in [-0.4, -0.2) is 128 Å². The molecule has 0 aliphatic carbocycles. The van der Waals surface area contributed by atoms with Crippen LogP contribution in [0.1, 0.15) is 23.7 Å². The first-order valence-corrected chi connectivity index (χ1v) is 26.3. The van der Waals surface area contributed by atoms with E-state index in [1.165, 1.54) is 36.1 Å². The number of benzene rings is 4. The molecule has 7 aromatic rings. The Morgan fingerprint density at radius 2 is 1.79 bits per heavy atom. The third kappa shape index (κ3) is 11.4. The van der Waals surface area contributed by atoms with E-state index in [4.69, 9.17) is 45.0 Å². The molecule has 1 fully saturated rings. The van der Waals surface area contributed by atoms with Gasteiger partial charge >= 0.3 is 5.97 Å². The highest BCUT2D eigenvalue weighted by molar-refractivity contribution is 7.90. The van der Waals surface area contributed by atoms with Gasteiger partial charge in [-0.1, -0.05) is 41.9 Å². The zero-order chi connectivity index (χ0) is 49.8. The fourth-order valence-electron chi connectivity index (χ4n) is 8.84. The van der Waals surface area contributed by atoms with Gasteiger partial charge < -0.3 is 28.4 Å². The number of thiophene rings is 1. The highest BCUT2D eigenvalue weighted by Gasteiger charge is 2.32. The van der Waals surface area contributed by atoms with Gasteiger partial charge in [0.05, 0.1) is 41.1 Å². The van der Waals surface area contributed by atoms with Crippen LogP contribution in [0.5, 0.6) is 28.9 Å². The molecule has 3 aliphatic rings. The number of aromatic nitrogens is 4. The standard InChI is InChI=1S/C52H52ClFN6O9S2/c1-6-65-52(61)44-24-33-23-37(15-17-41(33)67-27-35-19-20-55-49(58-35)40-9-7-8-10-42(40)64-4)66-28-38(26-60-22-21-59(3)36(25-60)29-71(5,62)63)68-43-18-16-39(31(2)47(43)53)45-46-50(69-44)56-30-57-51(46)70-48(45)32-11-13-34(54)14-12-32/h7-20,23,30,36,38,44H,6,21-22,24-29H2,1-5H3/t36-,38-,44-/m1/s1. The molecule has 3 atom stereocenters. The van der Waals surface area contributed by atoms with Crippen molar-refractivity contribution in [3.63, 3.8) is 0 Å². The van der Waals surface area contributed by atoms with Crippen molar-refractivity contribution in [3.8, 4) is 61.8 Å². The molecule has 370 valence electrons. The number of hydrogen-bond acceptors (Lipinski definition) is 16. The average Bonchev–Trinajstić information content (AvgIpc) is 3.75. The molecule has 0 spiro atoms. The molecule has 0 saturated carbocycles. The number of fused-ring (bicyclic) bond motifs is 7. The molecule has 10 rings (SSSR count). The van der Waals surface area contributed by atoms with E-state index in [1.807, 2.05) is 44.3 Å². The molecule has 3 aliphatic heterocycles. The van der Waals surface area contributed by atoms with Crippen molar-refractivity contribution >= 4 is 49.0 Å². The molecule has 1 saturated heterocycles. The lowest BCUT2D eigenvalue weighted by atomic mass is 9.96. The van der Waals surface area contributed by atoms with Gasteiger partial charge in [-0.2, -0.15) is 0 Å². The Morgan fingerprint density at radius 1 is 0.972 bits per heavy atom. The summed E-state index contributed by atoms with van der Waals surface area (Å²) in [6.07, 6.45) is 2.40. The largest absolute Gasteiger partial charge is 0.496 e. The number of ether oxygens (including phenoxy) is 6. The van der Waals surface area contributed by atoms with Gasteiger partial charge in [0, 0.05) is 67.1 Å². The monoisotopic (exact) mass is 1020 g/mol. The Bertz CT molecular complexity index is 3180. The number of carbonyl (C=O) groups is 1. The van der Waals surface area contributed by atoms with Crippen LogP contribution >= 0.6 is 22.9 Å². The summed E-state index contributed by atoms with van der Waals surface area (Å²) in [4.78, 5) is 38.3. The SMILES string of the molecule is CCOC(=O)[C@H]1Cc2cc(ccc2OCc2ccnc(-c3ccccc3OC)n2)OC[C@@H](CN2CCN(C)[C@@H](CS(C)(=O)=O)C2)Oc2ccc(c(C)c2Cl)-c2c(-c3ccc(F)cc3)sc3ncnc(c23)O1. The van der Waals surface area contributed by atoms with Gasteiger partial charge in [0.15, 0.2) is 5.82 Å². The second-order valence-electron chi connectivity index (χ2n) is 17.5. The van der Waals surface area contributed by atoms with Gasteiger partial charge in [-0.3, -0.25) is 9.80 Å². The van der Waals surface area contributed by atoms with E-state index < -0.39 is 33.8 Å². The number of hydrogen-bond donors (Lipinski definition) is 0. The summed E-state index contributed by atoms with van der Waals surface area (Å²) in [6.45, 7) is 6.00. The molecule has 4 aromatic carbocycles. The molecular weight excluding hydrogens is 971 g/mol. The third-order valence-electron chi connectivity index (χ3n) is 12.4. The van der Waals surface area contributed by atoms with Crippen molar-refractivity contribution in [2.75, 3.05) is 65.6 Å². The Morgan fingerprint density at radius 3 is 2.58 bits per heavy atom. The highest BCUT2D eigenvalue weighted by Crippen LogP contribution is 2.50. The second-order valence-corrected chi connectivity index (χ2v) is 21.0. The maximum atomic E-state index is 14.4. The van der Waals surface area contributed by atoms with Crippen molar-refractivity contribution in [2.24, 2.45) is 0 Å². The van der Waals surface area contributed by atoms with Gasteiger partial charge in [0.2, 0.25) is 12.0 Å². The Hall–Kier alpha value is -6.44. The molecule has 15 nitrogen and oxygen atoms in total. The number of halogens is 2. The zero-order valence-corrected chi connectivity index (χ0v) is 42.2. The van der Waals surface area contributed by atoms with Crippen molar-refractivity contribution in [1.29, 1.82) is 0 Å². The Kier molecular flexibility index (Phi) is 15.0. The Balaban J connectivity index is 1.15. The smallest absolute Gasteiger partial charge is 0.347 e. The van der Waals surface area contributed by atoms with Crippen LogP contribution < -0.4 is 23.7 Å². The molecule has 4 bridgehead atoms. The summed E-state index contributed by atoms with van der Waals surface area (Å²) in [6, 6.07) is 24.2. The lowest BCUT2D eigenvalue weighted by Gasteiger charge is -2.40. The van der Waals surface area contributed by atoms with E-state index in [0.717, 1.165) is 16.0 Å². The first-order chi connectivity index (χ1) is 34.2. The molecule has 0 amide bonds. The van der Waals surface area contributed by atoms with Crippen molar-refractivity contribution in [3.05, 3.63) is 125 Å². The quantitative estimate of drug-likeness (QED) is 0.107. The van der Waals surface area contributed by atoms with Gasteiger partial charge in [-0.25, -0.2) is 37.5 Å². The normalized spacial score (nSPS) is 17.7. The maximum Gasteiger partial charge on any atom is 0.347 e. The van der Waals surface area contributed by atoms with Gasteiger partial charge in [-0.15, -0.1) is 11.3 Å². The first-order valence-electron chi connectivity index (χ1n) is 23.0. The first kappa shape index (κ1) is 49.5. The van der Waals surface area contributed by atoms with Crippen molar-refractivity contribution in [1.82, 2.24) is 29.7 Å². The number of para-hydroxylation sites is 1. The van der Waals surface area contributed by atoms with Crippen LogP contribution in [0.25, 0.3) is 43.2 Å². The number of carbonyl (C=O) groups excluding carboxylic acids is 1. The summed E-state index contributed by atoms with van der Waals surface area (Å²) >= 11 is 8.68. The van der Waals surface area contributed by atoms with E-state index in [1.54, 1.807) is 62.7 Å². The topological polar surface area (TPSA) is 165 Å². The number of sulfone groups is 1. The van der Waals surface area contributed by atoms with Crippen molar-refractivity contribution in [2.45, 2.75) is 45.1 Å². The van der Waals surface area contributed by atoms with Gasteiger partial charge in [0.1, 0.15) is 69.1 Å². The zero-order valence-electron chi connectivity index (χ0n) is 39.8. The summed E-state index contributed by atoms with van der Waals surface area (Å²) in [7, 11) is 0.275. The molecular formula is C52H52ClFN6O9S2. The molecule has 0 radical (unpaired) electrons. The Labute approximate surface area is 420 Å². The number of rotatable bonds is 12. The number of methoxy groups -OCH3 is 1. The van der Waals surface area contributed by atoms with Gasteiger partial charge in [0.25, 0.3) is 0 Å². The number of esters is 1. The average molecular weight is 1020 g/mol. The second kappa shape index (κ2) is 21.5. The predicted octanol–water partition coefficient (Wildman–Crippen LogP) is 8.52. The summed E-state index contributed by atoms with van der Waals surface area (Å²) in [5.74, 6) is 1.49. The van der Waals surface area contributed by atoms with Crippen LogP contribution in [0.2, 0.25) is 5.02 Å². The molecule has 19 heteroatoms. The van der Waals surface area contributed by atoms with E-state index >= 15 is 0 Å². The fourth-order valence-corrected chi connectivity index (χ4v) is 11.3.